The van der Waals surface area contributed by atoms with Gasteiger partial charge in [0.25, 0.3) is 17.4 Å². The molecule has 1 aliphatic heterocycles. The van der Waals surface area contributed by atoms with E-state index in [0.29, 0.717) is 27.3 Å². The van der Waals surface area contributed by atoms with Crippen LogP contribution >= 0.6 is 11.6 Å². The number of fused-ring (bicyclic) bond motifs is 2. The Morgan fingerprint density at radius 1 is 1.09 bits per heavy atom. The summed E-state index contributed by atoms with van der Waals surface area (Å²) < 4.78 is 0. The first-order valence-corrected chi connectivity index (χ1v) is 11.2. The highest BCUT2D eigenvalue weighted by Gasteiger charge is 2.36. The van der Waals surface area contributed by atoms with E-state index in [1.165, 1.54) is 18.3 Å². The summed E-state index contributed by atoms with van der Waals surface area (Å²) in [5, 5.41) is 23.3. The van der Waals surface area contributed by atoms with Gasteiger partial charge in [0.05, 0.1) is 47.1 Å². The second-order valence-corrected chi connectivity index (χ2v) is 8.47. The molecular weight excluding hydrogens is 474 g/mol. The highest BCUT2D eigenvalue weighted by Crippen LogP contribution is 2.30. The van der Waals surface area contributed by atoms with Crippen LogP contribution in [0.25, 0.3) is 22.4 Å². The third-order valence-corrected chi connectivity index (χ3v) is 6.05. The van der Waals surface area contributed by atoms with E-state index in [1.54, 1.807) is 30.3 Å². The average molecular weight is 494 g/mol. The number of rotatable bonds is 7. The molecule has 2 amide bonds. The van der Waals surface area contributed by atoms with Gasteiger partial charge in [-0.15, -0.1) is 0 Å². The predicted molar refractivity (Wildman–Crippen MR) is 130 cm³/mol. The molecule has 0 spiro atoms. The minimum Gasteiger partial charge on any atom is -0.395 e. The van der Waals surface area contributed by atoms with E-state index in [9.17, 15) is 19.5 Å². The zero-order chi connectivity index (χ0) is 24.7. The van der Waals surface area contributed by atoms with Crippen molar-refractivity contribution in [1.82, 2.24) is 19.9 Å². The second-order valence-electron chi connectivity index (χ2n) is 8.03. The molecule has 10 nitrogen and oxygen atoms in total. The van der Waals surface area contributed by atoms with E-state index in [-0.39, 0.29) is 42.2 Å². The van der Waals surface area contributed by atoms with E-state index in [0.717, 1.165) is 4.90 Å². The maximum Gasteiger partial charge on any atom is 0.261 e. The monoisotopic (exact) mass is 493 g/mol. The van der Waals surface area contributed by atoms with Crippen molar-refractivity contribution in [1.29, 1.82) is 0 Å². The van der Waals surface area contributed by atoms with Gasteiger partial charge in [0.2, 0.25) is 0 Å². The van der Waals surface area contributed by atoms with Crippen LogP contribution in [0.5, 0.6) is 0 Å². The lowest BCUT2D eigenvalue weighted by atomic mass is 10.1. The molecule has 2 aromatic carbocycles. The molecule has 0 unspecified atom stereocenters. The zero-order valence-electron chi connectivity index (χ0n) is 18.2. The fourth-order valence-corrected chi connectivity index (χ4v) is 4.31. The van der Waals surface area contributed by atoms with Crippen LogP contribution in [0.15, 0.2) is 53.5 Å². The lowest BCUT2D eigenvalue weighted by Gasteiger charge is -2.15. The number of nitrogens with one attached hydrogen (secondary N) is 3. The summed E-state index contributed by atoms with van der Waals surface area (Å²) in [6, 6.07) is 11.5. The number of amides is 2. The van der Waals surface area contributed by atoms with Crippen molar-refractivity contribution in [3.63, 3.8) is 0 Å². The number of aromatic nitrogens is 3. The number of β-amino-alcohol motifs (C(OH)–C–C–N with tert-alkyl or cyclic N) is 1. The number of H-pyrrole nitrogens is 2. The van der Waals surface area contributed by atoms with Gasteiger partial charge >= 0.3 is 0 Å². The minimum absolute atomic E-state index is 0.0889. The topological polar surface area (TPSA) is 151 Å². The maximum atomic E-state index is 12.7. The number of hydrogen-bond donors (Lipinski definition) is 5. The van der Waals surface area contributed by atoms with E-state index < -0.39 is 23.5 Å². The molecule has 5 rings (SSSR count). The first-order chi connectivity index (χ1) is 16.9. The van der Waals surface area contributed by atoms with Crippen LogP contribution < -0.4 is 10.9 Å². The Balaban J connectivity index is 1.47. The third kappa shape index (κ3) is 4.08. The molecule has 0 aliphatic carbocycles. The third-order valence-electron chi connectivity index (χ3n) is 5.81. The smallest absolute Gasteiger partial charge is 0.261 e. The van der Waals surface area contributed by atoms with Crippen LogP contribution in [-0.2, 0) is 0 Å². The molecule has 35 heavy (non-hydrogen) atoms. The number of carbonyl (C=O) groups excluding carboxylic acids is 2. The Kier molecular flexibility index (Phi) is 5.85. The number of benzene rings is 2. The molecule has 0 radical (unpaired) electrons. The van der Waals surface area contributed by atoms with Crippen LogP contribution in [0.4, 0.5) is 5.69 Å². The van der Waals surface area contributed by atoms with Gasteiger partial charge < -0.3 is 25.5 Å². The Hall–Kier alpha value is -3.99. The van der Waals surface area contributed by atoms with Gasteiger partial charge in [-0.2, -0.15) is 0 Å². The molecule has 1 atom stereocenters. The first kappa shape index (κ1) is 22.8. The van der Waals surface area contributed by atoms with E-state index in [4.69, 9.17) is 16.7 Å². The molecule has 0 saturated carbocycles. The largest absolute Gasteiger partial charge is 0.395 e. The lowest BCUT2D eigenvalue weighted by molar-refractivity contribution is 0.0624. The number of aliphatic hydroxyl groups is 2. The molecule has 5 N–H and O–H groups in total. The number of carbonyl (C=O) groups is 2. The molecule has 0 bridgehead atoms. The Morgan fingerprint density at radius 3 is 2.60 bits per heavy atom. The van der Waals surface area contributed by atoms with Crippen molar-refractivity contribution >= 4 is 40.1 Å². The minimum atomic E-state index is -0.877. The van der Waals surface area contributed by atoms with Gasteiger partial charge in [-0.1, -0.05) is 23.7 Å². The van der Waals surface area contributed by atoms with Gasteiger partial charge in [-0.05, 0) is 35.9 Å². The number of hydrogen-bond acceptors (Lipinski definition) is 7. The van der Waals surface area contributed by atoms with Gasteiger partial charge in [0, 0.05) is 17.8 Å². The quantitative estimate of drug-likeness (QED) is 0.248. The molecule has 1 aliphatic rings. The fourth-order valence-electron chi connectivity index (χ4n) is 4.11. The Labute approximate surface area is 203 Å². The van der Waals surface area contributed by atoms with Crippen LogP contribution in [0.2, 0.25) is 5.02 Å². The number of anilines is 1. The van der Waals surface area contributed by atoms with Gasteiger partial charge in [-0.25, -0.2) is 4.98 Å². The lowest BCUT2D eigenvalue weighted by Crippen LogP contribution is -2.32. The van der Waals surface area contributed by atoms with Crippen molar-refractivity contribution in [2.75, 3.05) is 25.0 Å². The number of halogens is 1. The standard InChI is InChI=1S/C24H20ClN5O5/c25-13-3-1-2-12(8-13)19(32)11-27-16-4-5-26-22(33)20(16)21-28-17-9-14-15(10-18(17)29-21)24(35)30(6-7-31)23(14)34/h1-5,8-10,19,31-32H,6-7,11H2,(H,28,29)(H2,26,27,33)/t19-/m1/s1. The summed E-state index contributed by atoms with van der Waals surface area (Å²) in [4.78, 5) is 49.0. The van der Waals surface area contributed by atoms with Crippen LogP contribution in [-0.4, -0.2) is 61.6 Å². The fraction of sp³-hybridized carbons (Fsp3) is 0.167. The Bertz CT molecular complexity index is 1480. The first-order valence-electron chi connectivity index (χ1n) is 10.8. The van der Waals surface area contributed by atoms with Crippen molar-refractivity contribution in [3.05, 3.63) is 80.7 Å². The van der Waals surface area contributed by atoms with Gasteiger partial charge in [-0.3, -0.25) is 19.3 Å². The molecule has 11 heteroatoms. The number of imidazole rings is 1. The predicted octanol–water partition coefficient (Wildman–Crippen LogP) is 2.31. The molecule has 4 aromatic rings. The van der Waals surface area contributed by atoms with Crippen molar-refractivity contribution in [3.8, 4) is 11.4 Å². The Morgan fingerprint density at radius 2 is 1.86 bits per heavy atom. The van der Waals surface area contributed by atoms with E-state index >= 15 is 0 Å². The number of nitrogens with zero attached hydrogens (tertiary/aromatic N) is 2. The van der Waals surface area contributed by atoms with Crippen molar-refractivity contribution in [2.45, 2.75) is 6.10 Å². The average Bonchev–Trinajstić information content (AvgIpc) is 3.35. The summed E-state index contributed by atoms with van der Waals surface area (Å²) in [5.41, 5.74) is 2.12. The number of pyridine rings is 1. The number of aromatic amines is 2. The molecule has 178 valence electrons. The van der Waals surface area contributed by atoms with Gasteiger partial charge in [0.15, 0.2) is 0 Å². The molecule has 2 aromatic heterocycles. The summed E-state index contributed by atoms with van der Waals surface area (Å²) in [7, 11) is 0. The number of imide groups is 1. The van der Waals surface area contributed by atoms with Crippen LogP contribution in [0.1, 0.15) is 32.4 Å². The molecule has 3 heterocycles. The molecular formula is C24H20ClN5O5. The normalized spacial score (nSPS) is 14.0. The van der Waals surface area contributed by atoms with Crippen LogP contribution in [0, 0.1) is 0 Å². The molecule has 0 fully saturated rings. The summed E-state index contributed by atoms with van der Waals surface area (Å²) in [5.74, 6) is -0.759. The van der Waals surface area contributed by atoms with Crippen molar-refractivity contribution < 1.29 is 19.8 Å². The number of aliphatic hydroxyl groups excluding tert-OH is 2. The maximum absolute atomic E-state index is 12.7. The summed E-state index contributed by atoms with van der Waals surface area (Å²) in [6.45, 7) is -0.312. The zero-order valence-corrected chi connectivity index (χ0v) is 19.0. The van der Waals surface area contributed by atoms with Crippen molar-refractivity contribution in [2.24, 2.45) is 0 Å². The van der Waals surface area contributed by atoms with E-state index in [1.807, 2.05) is 0 Å². The SMILES string of the molecule is O=C1c2cc3nc(-c4c(NC[C@@H](O)c5cccc(Cl)c5)cc[nH]c4=O)[nH]c3cc2C(=O)N1CCO. The molecule has 0 saturated heterocycles. The highest BCUT2D eigenvalue weighted by molar-refractivity contribution is 6.30. The summed E-state index contributed by atoms with van der Waals surface area (Å²) in [6.07, 6.45) is 0.600. The second kappa shape index (κ2) is 8.99. The van der Waals surface area contributed by atoms with Gasteiger partial charge in [0.1, 0.15) is 11.4 Å². The highest BCUT2D eigenvalue weighted by atomic mass is 35.5. The van der Waals surface area contributed by atoms with Crippen LogP contribution in [0.3, 0.4) is 0 Å². The summed E-state index contributed by atoms with van der Waals surface area (Å²) >= 11 is 6.00. The van der Waals surface area contributed by atoms with E-state index in [2.05, 4.69) is 20.3 Å².